The lowest BCUT2D eigenvalue weighted by Gasteiger charge is -2.38. The van der Waals surface area contributed by atoms with Gasteiger partial charge in [0.2, 0.25) is 17.7 Å². The number of ether oxygens (including phenoxy) is 1. The van der Waals surface area contributed by atoms with Gasteiger partial charge in [-0.1, -0.05) is 37.1 Å². The lowest BCUT2D eigenvalue weighted by atomic mass is 9.74. The first-order valence-corrected chi connectivity index (χ1v) is 12.2. The minimum atomic E-state index is -1.17. The van der Waals surface area contributed by atoms with Crippen LogP contribution < -0.4 is 0 Å². The monoisotopic (exact) mass is 459 g/mol. The van der Waals surface area contributed by atoms with E-state index >= 15 is 0 Å². The smallest absolute Gasteiger partial charge is 0.249 e. The van der Waals surface area contributed by atoms with Crippen LogP contribution in [-0.4, -0.2) is 94.1 Å². The molecule has 182 valence electrons. The van der Waals surface area contributed by atoms with Crippen LogP contribution in [0.5, 0.6) is 0 Å². The highest BCUT2D eigenvalue weighted by atomic mass is 16.5. The second-order valence-corrected chi connectivity index (χ2v) is 10.3. The number of fused-ring (bicyclic) bond motifs is 2. The highest BCUT2D eigenvalue weighted by Crippen LogP contribution is 2.57. The molecule has 3 amide bonds. The molecule has 4 heterocycles. The summed E-state index contributed by atoms with van der Waals surface area (Å²) >= 11 is 0. The molecule has 0 saturated carbocycles. The molecule has 0 aromatic carbocycles. The summed E-state index contributed by atoms with van der Waals surface area (Å²) in [6.45, 7) is 7.32. The van der Waals surface area contributed by atoms with E-state index in [0.717, 1.165) is 25.7 Å². The molecule has 8 nitrogen and oxygen atoms in total. The molecule has 0 aromatic heterocycles. The van der Waals surface area contributed by atoms with Crippen LogP contribution in [0.2, 0.25) is 0 Å². The van der Waals surface area contributed by atoms with Gasteiger partial charge in [-0.2, -0.15) is 0 Å². The van der Waals surface area contributed by atoms with Crippen LogP contribution in [0.3, 0.4) is 0 Å². The Morgan fingerprint density at radius 3 is 2.39 bits per heavy atom. The average Bonchev–Trinajstić information content (AvgIpc) is 3.02. The van der Waals surface area contributed by atoms with Gasteiger partial charge in [-0.25, -0.2) is 0 Å². The number of rotatable bonds is 7. The van der Waals surface area contributed by atoms with Crippen LogP contribution in [0.1, 0.15) is 46.5 Å². The number of aliphatic hydroxyl groups excluding tert-OH is 1. The number of hydrogen-bond acceptors (Lipinski definition) is 5. The SMILES string of the molecule is CC(C)N1CC=C[C@]23O[C@]4(C)C=CCN(C)C(=O)[C@@H]4[C@H]2C(=O)N(CCCCCCO)C3C1=O. The highest BCUT2D eigenvalue weighted by molar-refractivity contribution is 6.00. The maximum atomic E-state index is 14.0. The van der Waals surface area contributed by atoms with E-state index in [1.807, 2.05) is 45.1 Å². The van der Waals surface area contributed by atoms with Gasteiger partial charge in [0.25, 0.3) is 0 Å². The predicted octanol–water partition coefficient (Wildman–Crippen LogP) is 1.35. The molecule has 0 bridgehead atoms. The maximum absolute atomic E-state index is 14.0. The number of carbonyl (C=O) groups is 3. The van der Waals surface area contributed by atoms with Gasteiger partial charge in [0, 0.05) is 39.3 Å². The molecule has 8 heteroatoms. The van der Waals surface area contributed by atoms with Crippen molar-refractivity contribution < 1.29 is 24.2 Å². The number of hydrogen-bond donors (Lipinski definition) is 1. The first-order valence-electron chi connectivity index (χ1n) is 12.2. The van der Waals surface area contributed by atoms with Crippen molar-refractivity contribution in [1.82, 2.24) is 14.7 Å². The van der Waals surface area contributed by atoms with Gasteiger partial charge in [-0.15, -0.1) is 0 Å². The first-order chi connectivity index (χ1) is 15.7. The van der Waals surface area contributed by atoms with E-state index in [1.165, 1.54) is 0 Å². The fourth-order valence-corrected chi connectivity index (χ4v) is 6.11. The third-order valence-electron chi connectivity index (χ3n) is 7.72. The molecular formula is C25H37N3O5. The minimum absolute atomic E-state index is 0.0204. The lowest BCUT2D eigenvalue weighted by Crippen LogP contribution is -2.57. The van der Waals surface area contributed by atoms with Crippen molar-refractivity contribution in [2.45, 2.75) is 69.7 Å². The summed E-state index contributed by atoms with van der Waals surface area (Å²) in [6.07, 6.45) is 10.8. The standard InChI is InChI=1S/C25H37N3O5/c1-17(2)27-15-10-12-25-19(18-21(30)26(4)13-9-11-24(18,3)33-25)22(31)28(20(25)23(27)32)14-7-5-6-8-16-29/h9-12,17-20,29H,5-8,13-16H2,1-4H3/t18-,19-,20?,24+,25-/m0/s1. The molecule has 4 rings (SSSR count). The van der Waals surface area contributed by atoms with Crippen LogP contribution in [0.15, 0.2) is 24.3 Å². The van der Waals surface area contributed by atoms with Gasteiger partial charge < -0.3 is 24.5 Å². The summed E-state index contributed by atoms with van der Waals surface area (Å²) in [6, 6.07) is -0.808. The van der Waals surface area contributed by atoms with Crippen molar-refractivity contribution in [3.05, 3.63) is 24.3 Å². The molecule has 1 spiro atoms. The fraction of sp³-hybridized carbons (Fsp3) is 0.720. The number of unbranched alkanes of at least 4 members (excludes halogenated alkanes) is 3. The minimum Gasteiger partial charge on any atom is -0.396 e. The zero-order valence-electron chi connectivity index (χ0n) is 20.2. The van der Waals surface area contributed by atoms with Crippen LogP contribution in [0, 0.1) is 11.8 Å². The summed E-state index contributed by atoms with van der Waals surface area (Å²) in [7, 11) is 1.74. The molecule has 1 N–H and O–H groups in total. The Balaban J connectivity index is 1.76. The van der Waals surface area contributed by atoms with Crippen molar-refractivity contribution in [2.75, 3.05) is 33.3 Å². The van der Waals surface area contributed by atoms with Crippen LogP contribution in [0.25, 0.3) is 0 Å². The normalized spacial score (nSPS) is 35.8. The van der Waals surface area contributed by atoms with Gasteiger partial charge >= 0.3 is 0 Å². The number of aliphatic hydroxyl groups is 1. The first kappa shape index (κ1) is 24.0. The van der Waals surface area contributed by atoms with E-state index in [2.05, 4.69) is 0 Å². The Bertz CT molecular complexity index is 870. The predicted molar refractivity (Wildman–Crippen MR) is 123 cm³/mol. The lowest BCUT2D eigenvalue weighted by molar-refractivity contribution is -0.153. The van der Waals surface area contributed by atoms with E-state index < -0.39 is 29.1 Å². The van der Waals surface area contributed by atoms with Gasteiger partial charge in [0.05, 0.1) is 17.4 Å². The zero-order valence-corrected chi connectivity index (χ0v) is 20.2. The van der Waals surface area contributed by atoms with E-state index in [9.17, 15) is 14.4 Å². The molecule has 5 atom stereocenters. The van der Waals surface area contributed by atoms with Gasteiger partial charge in [-0.3, -0.25) is 14.4 Å². The highest BCUT2D eigenvalue weighted by Gasteiger charge is 2.74. The zero-order chi connectivity index (χ0) is 24.0. The number of nitrogens with zero attached hydrogens (tertiary/aromatic N) is 3. The van der Waals surface area contributed by atoms with Crippen LogP contribution in [-0.2, 0) is 19.1 Å². The van der Waals surface area contributed by atoms with Crippen molar-refractivity contribution in [2.24, 2.45) is 11.8 Å². The van der Waals surface area contributed by atoms with Crippen LogP contribution >= 0.6 is 0 Å². The van der Waals surface area contributed by atoms with Crippen molar-refractivity contribution in [3.63, 3.8) is 0 Å². The largest absolute Gasteiger partial charge is 0.396 e. The number of likely N-dealkylation sites (tertiary alicyclic amines) is 1. The fourth-order valence-electron chi connectivity index (χ4n) is 6.11. The van der Waals surface area contributed by atoms with Crippen molar-refractivity contribution in [1.29, 1.82) is 0 Å². The summed E-state index contributed by atoms with van der Waals surface area (Å²) in [4.78, 5) is 46.4. The Hall–Kier alpha value is -2.19. The molecule has 2 fully saturated rings. The molecule has 1 unspecified atom stereocenters. The molecule has 4 aliphatic heterocycles. The van der Waals surface area contributed by atoms with Gasteiger partial charge in [0.1, 0.15) is 11.6 Å². The van der Waals surface area contributed by atoms with Crippen molar-refractivity contribution in [3.8, 4) is 0 Å². The van der Waals surface area contributed by atoms with Gasteiger partial charge in [0.15, 0.2) is 0 Å². The second-order valence-electron chi connectivity index (χ2n) is 10.3. The Morgan fingerprint density at radius 1 is 1.00 bits per heavy atom. The average molecular weight is 460 g/mol. The molecular weight excluding hydrogens is 422 g/mol. The maximum Gasteiger partial charge on any atom is 0.249 e. The van der Waals surface area contributed by atoms with E-state index in [4.69, 9.17) is 9.84 Å². The Labute approximate surface area is 196 Å². The molecule has 33 heavy (non-hydrogen) atoms. The summed E-state index contributed by atoms with van der Waals surface area (Å²) in [5, 5.41) is 9.05. The molecule has 4 aliphatic rings. The van der Waals surface area contributed by atoms with E-state index in [-0.39, 0.29) is 30.4 Å². The summed E-state index contributed by atoms with van der Waals surface area (Å²) in [5.74, 6) is -1.83. The molecule has 0 aliphatic carbocycles. The Morgan fingerprint density at radius 2 is 1.70 bits per heavy atom. The quantitative estimate of drug-likeness (QED) is 0.458. The van der Waals surface area contributed by atoms with Crippen molar-refractivity contribution >= 4 is 17.7 Å². The third-order valence-corrected chi connectivity index (χ3v) is 7.72. The number of carbonyl (C=O) groups excluding carboxylic acids is 3. The topological polar surface area (TPSA) is 90.4 Å². The molecule has 2 saturated heterocycles. The Kier molecular flexibility index (Phi) is 6.44. The van der Waals surface area contributed by atoms with E-state index in [0.29, 0.717) is 19.6 Å². The number of likely N-dealkylation sites (N-methyl/N-ethyl adjacent to an activating group) is 1. The van der Waals surface area contributed by atoms with E-state index in [1.54, 1.807) is 21.7 Å². The number of amides is 3. The molecule has 0 aromatic rings. The van der Waals surface area contributed by atoms with Gasteiger partial charge in [-0.05, 0) is 33.6 Å². The second kappa shape index (κ2) is 8.87. The third kappa shape index (κ3) is 3.71. The molecule has 0 radical (unpaired) electrons. The summed E-state index contributed by atoms with van der Waals surface area (Å²) < 4.78 is 6.73. The summed E-state index contributed by atoms with van der Waals surface area (Å²) in [5.41, 5.74) is -2.12. The van der Waals surface area contributed by atoms with Crippen LogP contribution in [0.4, 0.5) is 0 Å².